The van der Waals surface area contributed by atoms with Crippen molar-refractivity contribution < 1.29 is 0 Å². The highest BCUT2D eigenvalue weighted by atomic mass is 35.5. The molecule has 0 aromatic heterocycles. The molecule has 0 bridgehead atoms. The number of hydrogen-bond acceptors (Lipinski definition) is 2. The van der Waals surface area contributed by atoms with E-state index in [0.29, 0.717) is 5.02 Å². The molecule has 1 nitrogen and oxygen atoms in total. The van der Waals surface area contributed by atoms with Gasteiger partial charge in [-0.3, -0.25) is 0 Å². The smallest absolute Gasteiger partial charge is 0.0542 e. The molecule has 0 amide bonds. The third kappa shape index (κ3) is 5.55. The van der Waals surface area contributed by atoms with Crippen molar-refractivity contribution in [3.05, 3.63) is 63.6 Å². The highest BCUT2D eigenvalue weighted by molar-refractivity contribution is 7.99. The predicted molar refractivity (Wildman–Crippen MR) is 94.7 cm³/mol. The maximum atomic E-state index is 6.19. The highest BCUT2D eigenvalue weighted by Crippen LogP contribution is 2.30. The average molecular weight is 340 g/mol. The Morgan fingerprint density at radius 1 is 1.10 bits per heavy atom. The van der Waals surface area contributed by atoms with Crippen molar-refractivity contribution in [2.45, 2.75) is 30.7 Å². The van der Waals surface area contributed by atoms with Gasteiger partial charge >= 0.3 is 0 Å². The molecule has 21 heavy (non-hydrogen) atoms. The van der Waals surface area contributed by atoms with Crippen molar-refractivity contribution in [3.8, 4) is 0 Å². The lowest BCUT2D eigenvalue weighted by Crippen LogP contribution is -2.23. The van der Waals surface area contributed by atoms with Crippen LogP contribution in [0.5, 0.6) is 0 Å². The van der Waals surface area contributed by atoms with Crippen LogP contribution in [0.4, 0.5) is 0 Å². The minimum absolute atomic E-state index is 0.145. The second-order valence-electron chi connectivity index (χ2n) is 5.17. The molecular formula is C17H19Cl2NS. The van der Waals surface area contributed by atoms with Crippen LogP contribution >= 0.6 is 35.0 Å². The minimum Gasteiger partial charge on any atom is -0.327 e. The van der Waals surface area contributed by atoms with Crippen LogP contribution in [-0.2, 0) is 6.42 Å². The molecule has 0 saturated heterocycles. The van der Waals surface area contributed by atoms with E-state index in [9.17, 15) is 0 Å². The molecule has 0 radical (unpaired) electrons. The number of benzene rings is 2. The quantitative estimate of drug-likeness (QED) is 0.717. The van der Waals surface area contributed by atoms with Crippen molar-refractivity contribution >= 4 is 35.0 Å². The molecule has 0 saturated carbocycles. The first-order valence-electron chi connectivity index (χ1n) is 6.93. The van der Waals surface area contributed by atoms with Crippen LogP contribution in [-0.4, -0.2) is 11.8 Å². The van der Waals surface area contributed by atoms with Gasteiger partial charge in [-0.05, 0) is 43.5 Å². The molecule has 2 rings (SSSR count). The highest BCUT2D eigenvalue weighted by Gasteiger charge is 2.07. The fraction of sp³-hybridized carbons (Fsp3) is 0.294. The number of thioether (sulfide) groups is 1. The van der Waals surface area contributed by atoms with Gasteiger partial charge in [0.05, 0.1) is 5.02 Å². The standard InChI is InChI=1S/C17H19Cl2NS/c1-12-2-4-13(5-3-12)6-8-15(20)11-21-17-10-14(18)7-9-16(17)19/h2-5,7,9-10,15H,6,8,11,20H2,1H3. The lowest BCUT2D eigenvalue weighted by atomic mass is 10.1. The van der Waals surface area contributed by atoms with Gasteiger partial charge in [-0.1, -0.05) is 53.0 Å². The second-order valence-corrected chi connectivity index (χ2v) is 7.08. The Morgan fingerprint density at radius 2 is 1.81 bits per heavy atom. The SMILES string of the molecule is Cc1ccc(CCC(N)CSc2cc(Cl)ccc2Cl)cc1. The van der Waals surface area contributed by atoms with E-state index in [2.05, 4.69) is 31.2 Å². The Balaban J connectivity index is 1.80. The fourth-order valence-electron chi connectivity index (χ4n) is 1.97. The number of hydrogen-bond donors (Lipinski definition) is 1. The first-order chi connectivity index (χ1) is 10.0. The van der Waals surface area contributed by atoms with E-state index in [1.54, 1.807) is 17.8 Å². The zero-order valence-electron chi connectivity index (χ0n) is 12.0. The maximum absolute atomic E-state index is 6.19. The van der Waals surface area contributed by atoms with Crippen LogP contribution in [0.1, 0.15) is 17.5 Å². The van der Waals surface area contributed by atoms with Crippen molar-refractivity contribution in [1.82, 2.24) is 0 Å². The Bertz CT molecular complexity index is 584. The van der Waals surface area contributed by atoms with E-state index < -0.39 is 0 Å². The van der Waals surface area contributed by atoms with Gasteiger partial charge in [0.2, 0.25) is 0 Å². The van der Waals surface area contributed by atoms with Gasteiger partial charge in [-0.2, -0.15) is 0 Å². The van der Waals surface area contributed by atoms with Crippen LogP contribution in [0, 0.1) is 6.92 Å². The second kappa shape index (κ2) is 8.09. The van der Waals surface area contributed by atoms with E-state index in [1.165, 1.54) is 11.1 Å². The molecule has 4 heteroatoms. The monoisotopic (exact) mass is 339 g/mol. The third-order valence-corrected chi connectivity index (χ3v) is 5.19. The number of nitrogens with two attached hydrogens (primary N) is 1. The van der Waals surface area contributed by atoms with E-state index in [4.69, 9.17) is 28.9 Å². The molecule has 0 aliphatic carbocycles. The van der Waals surface area contributed by atoms with E-state index >= 15 is 0 Å². The average Bonchev–Trinajstić information content (AvgIpc) is 2.47. The van der Waals surface area contributed by atoms with E-state index in [-0.39, 0.29) is 6.04 Å². The van der Waals surface area contributed by atoms with Crippen LogP contribution in [0.25, 0.3) is 0 Å². The predicted octanol–water partition coefficient (Wildman–Crippen LogP) is 5.35. The molecule has 1 unspecified atom stereocenters. The van der Waals surface area contributed by atoms with Crippen molar-refractivity contribution in [1.29, 1.82) is 0 Å². The fourth-order valence-corrected chi connectivity index (χ4v) is 3.47. The summed E-state index contributed by atoms with van der Waals surface area (Å²) in [7, 11) is 0. The first-order valence-corrected chi connectivity index (χ1v) is 8.68. The van der Waals surface area contributed by atoms with E-state index in [1.807, 2.05) is 12.1 Å². The molecule has 112 valence electrons. The zero-order valence-corrected chi connectivity index (χ0v) is 14.3. The molecule has 2 aromatic carbocycles. The third-order valence-electron chi connectivity index (χ3n) is 3.27. The normalized spacial score (nSPS) is 12.4. The number of aryl methyl sites for hydroxylation is 2. The lowest BCUT2D eigenvalue weighted by Gasteiger charge is -2.12. The molecule has 0 heterocycles. The van der Waals surface area contributed by atoms with Crippen LogP contribution in [0.2, 0.25) is 10.0 Å². The molecule has 0 fully saturated rings. The summed E-state index contributed by atoms with van der Waals surface area (Å²) in [5.74, 6) is 0.839. The first kappa shape index (κ1) is 16.7. The molecule has 1 atom stereocenters. The van der Waals surface area contributed by atoms with Gasteiger partial charge in [0, 0.05) is 21.7 Å². The van der Waals surface area contributed by atoms with Gasteiger partial charge in [0.15, 0.2) is 0 Å². The Labute approximate surface area is 140 Å². The Hall–Kier alpha value is -0.670. The van der Waals surface area contributed by atoms with Gasteiger partial charge in [0.1, 0.15) is 0 Å². The van der Waals surface area contributed by atoms with Crippen LogP contribution in [0.3, 0.4) is 0 Å². The van der Waals surface area contributed by atoms with Crippen LogP contribution in [0.15, 0.2) is 47.4 Å². The summed E-state index contributed by atoms with van der Waals surface area (Å²) >= 11 is 13.8. The van der Waals surface area contributed by atoms with Crippen molar-refractivity contribution in [2.24, 2.45) is 5.73 Å². The molecule has 0 aliphatic heterocycles. The Kier molecular flexibility index (Phi) is 6.43. The van der Waals surface area contributed by atoms with Gasteiger partial charge in [-0.25, -0.2) is 0 Å². The van der Waals surface area contributed by atoms with Gasteiger partial charge < -0.3 is 5.73 Å². The maximum Gasteiger partial charge on any atom is 0.0542 e. The minimum atomic E-state index is 0.145. The van der Waals surface area contributed by atoms with Crippen molar-refractivity contribution in [3.63, 3.8) is 0 Å². The summed E-state index contributed by atoms with van der Waals surface area (Å²) in [6, 6.07) is 14.3. The molecule has 0 aliphatic rings. The van der Waals surface area contributed by atoms with Crippen LogP contribution < -0.4 is 5.73 Å². The molecule has 2 aromatic rings. The van der Waals surface area contributed by atoms with Crippen molar-refractivity contribution in [2.75, 3.05) is 5.75 Å². The number of halogens is 2. The summed E-state index contributed by atoms with van der Waals surface area (Å²) in [6.45, 7) is 2.10. The topological polar surface area (TPSA) is 26.0 Å². The molecule has 0 spiro atoms. The summed E-state index contributed by atoms with van der Waals surface area (Å²) in [4.78, 5) is 0.995. The van der Waals surface area contributed by atoms with Gasteiger partial charge in [0.25, 0.3) is 0 Å². The molecule has 2 N–H and O–H groups in total. The van der Waals surface area contributed by atoms with E-state index in [0.717, 1.165) is 28.5 Å². The Morgan fingerprint density at radius 3 is 2.52 bits per heavy atom. The summed E-state index contributed by atoms with van der Waals surface area (Å²) in [5, 5.41) is 1.44. The zero-order chi connectivity index (χ0) is 15.2. The lowest BCUT2D eigenvalue weighted by molar-refractivity contribution is 0.674. The summed E-state index contributed by atoms with van der Waals surface area (Å²) in [5.41, 5.74) is 8.81. The largest absolute Gasteiger partial charge is 0.327 e. The number of rotatable bonds is 6. The summed E-state index contributed by atoms with van der Waals surface area (Å²) in [6.07, 6.45) is 1.97. The molecular weight excluding hydrogens is 321 g/mol. The summed E-state index contributed by atoms with van der Waals surface area (Å²) < 4.78 is 0. The van der Waals surface area contributed by atoms with Gasteiger partial charge in [-0.15, -0.1) is 11.8 Å².